The first kappa shape index (κ1) is 19.0. The van der Waals surface area contributed by atoms with Gasteiger partial charge in [-0.05, 0) is 43.0 Å². The van der Waals surface area contributed by atoms with E-state index in [9.17, 15) is 9.59 Å². The first-order chi connectivity index (χ1) is 14.0. The summed E-state index contributed by atoms with van der Waals surface area (Å²) in [5, 5.41) is 7.17. The van der Waals surface area contributed by atoms with Gasteiger partial charge >= 0.3 is 5.69 Å². The van der Waals surface area contributed by atoms with E-state index in [-0.39, 0.29) is 18.1 Å². The third-order valence-electron chi connectivity index (χ3n) is 5.11. The van der Waals surface area contributed by atoms with Crippen molar-refractivity contribution in [3.05, 3.63) is 47.1 Å². The van der Waals surface area contributed by atoms with Gasteiger partial charge in [0, 0.05) is 31.2 Å². The molecular weight excluding hydrogens is 372 g/mol. The monoisotopic (exact) mass is 396 g/mol. The largest absolute Gasteiger partial charge is 0.497 e. The smallest absolute Gasteiger partial charge is 0.350 e. The maximum atomic E-state index is 12.7. The van der Waals surface area contributed by atoms with Crippen LogP contribution in [0.25, 0.3) is 5.65 Å². The highest BCUT2D eigenvalue weighted by Crippen LogP contribution is 2.23. The Kier molecular flexibility index (Phi) is 5.20. The van der Waals surface area contributed by atoms with Gasteiger partial charge in [-0.15, -0.1) is 5.10 Å². The lowest BCUT2D eigenvalue weighted by molar-refractivity contribution is -0.117. The highest BCUT2D eigenvalue weighted by molar-refractivity contribution is 5.90. The Morgan fingerprint density at radius 2 is 2.10 bits per heavy atom. The molecule has 0 saturated carbocycles. The van der Waals surface area contributed by atoms with Crippen molar-refractivity contribution in [1.82, 2.24) is 19.2 Å². The lowest BCUT2D eigenvalue weighted by Gasteiger charge is -2.31. The Morgan fingerprint density at radius 1 is 1.31 bits per heavy atom. The van der Waals surface area contributed by atoms with Crippen LogP contribution in [-0.4, -0.2) is 45.3 Å². The number of nitrogens with zero attached hydrogens (tertiary/aromatic N) is 5. The van der Waals surface area contributed by atoms with E-state index in [1.54, 1.807) is 43.8 Å². The van der Waals surface area contributed by atoms with E-state index in [0.29, 0.717) is 28.8 Å². The van der Waals surface area contributed by atoms with Crippen LogP contribution in [0, 0.1) is 5.92 Å². The number of hydrogen-bond acceptors (Lipinski definition) is 6. The molecular formula is C20H24N6O3. The summed E-state index contributed by atoms with van der Waals surface area (Å²) in [6, 6.07) is 6.99. The predicted octanol–water partition coefficient (Wildman–Crippen LogP) is 1.77. The molecule has 1 N–H and O–H groups in total. The molecule has 3 heterocycles. The Balaban J connectivity index is 1.56. The van der Waals surface area contributed by atoms with E-state index in [1.165, 1.54) is 15.5 Å². The van der Waals surface area contributed by atoms with Gasteiger partial charge in [0.1, 0.15) is 12.3 Å². The minimum absolute atomic E-state index is 0.178. The fourth-order valence-corrected chi connectivity index (χ4v) is 3.65. The Morgan fingerprint density at radius 3 is 2.83 bits per heavy atom. The molecule has 1 fully saturated rings. The number of anilines is 2. The summed E-state index contributed by atoms with van der Waals surface area (Å²) < 4.78 is 7.73. The van der Waals surface area contributed by atoms with Gasteiger partial charge in [-0.3, -0.25) is 4.79 Å². The number of methoxy groups -OCH3 is 1. The Hall–Kier alpha value is -3.36. The third-order valence-corrected chi connectivity index (χ3v) is 5.11. The molecule has 1 amide bonds. The van der Waals surface area contributed by atoms with Crippen molar-refractivity contribution in [2.24, 2.45) is 5.92 Å². The average Bonchev–Trinajstić information content (AvgIpc) is 3.04. The highest BCUT2D eigenvalue weighted by atomic mass is 16.5. The van der Waals surface area contributed by atoms with Gasteiger partial charge in [-0.25, -0.2) is 18.9 Å². The van der Waals surface area contributed by atoms with Crippen molar-refractivity contribution in [2.45, 2.75) is 26.3 Å². The number of ether oxygens (including phenoxy) is 1. The van der Waals surface area contributed by atoms with Gasteiger partial charge in [0.05, 0.1) is 7.11 Å². The van der Waals surface area contributed by atoms with E-state index in [4.69, 9.17) is 4.74 Å². The van der Waals surface area contributed by atoms with Crippen molar-refractivity contribution < 1.29 is 9.53 Å². The van der Waals surface area contributed by atoms with Crippen LogP contribution in [-0.2, 0) is 11.3 Å². The number of carbonyl (C=O) groups is 1. The van der Waals surface area contributed by atoms with E-state index < -0.39 is 0 Å². The molecule has 0 radical (unpaired) electrons. The molecule has 1 aliphatic heterocycles. The minimum Gasteiger partial charge on any atom is -0.497 e. The summed E-state index contributed by atoms with van der Waals surface area (Å²) in [6.07, 6.45) is 5.46. The van der Waals surface area contributed by atoms with Crippen LogP contribution >= 0.6 is 0 Å². The highest BCUT2D eigenvalue weighted by Gasteiger charge is 2.22. The first-order valence-corrected chi connectivity index (χ1v) is 9.68. The van der Waals surface area contributed by atoms with Crippen molar-refractivity contribution >= 4 is 23.1 Å². The topological polar surface area (TPSA) is 93.8 Å². The molecule has 1 saturated heterocycles. The zero-order valence-corrected chi connectivity index (χ0v) is 16.5. The quantitative estimate of drug-likeness (QED) is 0.707. The molecule has 2 aromatic heterocycles. The summed E-state index contributed by atoms with van der Waals surface area (Å²) in [5.74, 6) is 1.62. The van der Waals surface area contributed by atoms with Crippen LogP contribution in [0.3, 0.4) is 0 Å². The van der Waals surface area contributed by atoms with Crippen LogP contribution < -0.4 is 20.6 Å². The maximum absolute atomic E-state index is 12.7. The molecule has 0 bridgehead atoms. The van der Waals surface area contributed by atoms with E-state index in [0.717, 1.165) is 19.5 Å². The second-order valence-corrected chi connectivity index (χ2v) is 7.35. The molecule has 1 unspecified atom stereocenters. The number of carbonyl (C=O) groups excluding carboxylic acids is 1. The number of nitrogens with one attached hydrogen (secondary N) is 1. The first-order valence-electron chi connectivity index (χ1n) is 9.68. The zero-order chi connectivity index (χ0) is 20.4. The molecule has 0 spiro atoms. The molecule has 3 aromatic rings. The third kappa shape index (κ3) is 3.94. The van der Waals surface area contributed by atoms with E-state index in [2.05, 4.69) is 27.2 Å². The predicted molar refractivity (Wildman–Crippen MR) is 109 cm³/mol. The van der Waals surface area contributed by atoms with Crippen LogP contribution in [0.5, 0.6) is 5.75 Å². The van der Waals surface area contributed by atoms with E-state index in [1.807, 2.05) is 0 Å². The molecule has 9 heteroatoms. The fraction of sp³-hybridized carbons (Fsp3) is 0.400. The number of fused-ring (bicyclic) bond motifs is 1. The summed E-state index contributed by atoms with van der Waals surface area (Å²) in [5.41, 5.74) is 0.736. The molecule has 0 aliphatic carbocycles. The number of piperidine rings is 1. The summed E-state index contributed by atoms with van der Waals surface area (Å²) in [4.78, 5) is 31.8. The van der Waals surface area contributed by atoms with Gasteiger partial charge in [-0.2, -0.15) is 0 Å². The van der Waals surface area contributed by atoms with Gasteiger partial charge < -0.3 is 15.0 Å². The van der Waals surface area contributed by atoms with Gasteiger partial charge in [0.25, 0.3) is 0 Å². The molecule has 4 rings (SSSR count). The lowest BCUT2D eigenvalue weighted by atomic mass is 10.0. The van der Waals surface area contributed by atoms with Crippen molar-refractivity contribution in [2.75, 3.05) is 30.4 Å². The molecule has 152 valence electrons. The molecule has 1 aromatic carbocycles. The number of hydrogen-bond donors (Lipinski definition) is 1. The Bertz CT molecular complexity index is 1070. The van der Waals surface area contributed by atoms with Crippen molar-refractivity contribution in [3.8, 4) is 5.75 Å². The number of benzene rings is 1. The number of aromatic nitrogens is 4. The minimum atomic E-state index is -0.362. The SMILES string of the molecule is COc1ccc(NC(=O)Cn2nc3c(N4CCCC(C)C4)nccn3c2=O)cc1. The zero-order valence-electron chi connectivity index (χ0n) is 16.5. The standard InChI is InChI=1S/C20H24N6O3/c1-14-4-3-10-24(12-14)18-19-23-26(20(28)25(19)11-9-21-18)13-17(27)22-15-5-7-16(29-2)8-6-15/h5-9,11,14H,3-4,10,12-13H2,1-2H3,(H,22,27). The van der Waals surface area contributed by atoms with Gasteiger partial charge in [0.15, 0.2) is 5.82 Å². The molecule has 29 heavy (non-hydrogen) atoms. The Labute approximate surface area is 167 Å². The summed E-state index contributed by atoms with van der Waals surface area (Å²) >= 11 is 0. The lowest BCUT2D eigenvalue weighted by Crippen LogP contribution is -2.35. The molecule has 1 atom stereocenters. The second-order valence-electron chi connectivity index (χ2n) is 7.35. The van der Waals surface area contributed by atoms with E-state index >= 15 is 0 Å². The number of amides is 1. The molecule has 9 nitrogen and oxygen atoms in total. The van der Waals surface area contributed by atoms with Crippen LogP contribution in [0.1, 0.15) is 19.8 Å². The van der Waals surface area contributed by atoms with Crippen LogP contribution in [0.2, 0.25) is 0 Å². The average molecular weight is 396 g/mol. The van der Waals surface area contributed by atoms with Crippen molar-refractivity contribution in [1.29, 1.82) is 0 Å². The van der Waals surface area contributed by atoms with Crippen LogP contribution in [0.15, 0.2) is 41.5 Å². The van der Waals surface area contributed by atoms with Crippen molar-refractivity contribution in [3.63, 3.8) is 0 Å². The summed E-state index contributed by atoms with van der Waals surface area (Å²) in [6.45, 7) is 3.80. The number of rotatable bonds is 5. The normalized spacial score (nSPS) is 16.8. The van der Waals surface area contributed by atoms with Gasteiger partial charge in [-0.1, -0.05) is 6.92 Å². The summed E-state index contributed by atoms with van der Waals surface area (Å²) in [7, 11) is 1.58. The van der Waals surface area contributed by atoms with Gasteiger partial charge in [0.2, 0.25) is 11.6 Å². The second kappa shape index (κ2) is 7.94. The fourth-order valence-electron chi connectivity index (χ4n) is 3.65. The molecule has 1 aliphatic rings. The van der Waals surface area contributed by atoms with Crippen LogP contribution in [0.4, 0.5) is 11.5 Å². The maximum Gasteiger partial charge on any atom is 0.350 e.